The van der Waals surface area contributed by atoms with Crippen molar-refractivity contribution >= 4 is 29.1 Å². The second-order valence-corrected chi connectivity index (χ2v) is 4.15. The van der Waals surface area contributed by atoms with Crippen LogP contribution in [-0.4, -0.2) is 30.8 Å². The van der Waals surface area contributed by atoms with E-state index in [0.717, 1.165) is 0 Å². The molecule has 1 aromatic rings. The first-order valence-electron chi connectivity index (χ1n) is 5.08. The highest BCUT2D eigenvalue weighted by molar-refractivity contribution is 6.34. The summed E-state index contributed by atoms with van der Waals surface area (Å²) >= 11 is 11.6. The molecule has 0 spiro atoms. The molecule has 0 aliphatic heterocycles. The molecule has 0 fully saturated rings. The van der Waals surface area contributed by atoms with E-state index >= 15 is 0 Å². The average molecular weight is 278 g/mol. The van der Waals surface area contributed by atoms with Crippen molar-refractivity contribution in [3.63, 3.8) is 0 Å². The highest BCUT2D eigenvalue weighted by atomic mass is 35.5. The number of rotatable bonds is 6. The Morgan fingerprint density at radius 3 is 2.53 bits per heavy atom. The van der Waals surface area contributed by atoms with Gasteiger partial charge in [0, 0.05) is 16.6 Å². The number of carbonyl (C=O) groups excluding carboxylic acids is 1. The number of hydrogen-bond acceptors (Lipinski definition) is 3. The van der Waals surface area contributed by atoms with Crippen LogP contribution in [0.1, 0.15) is 6.42 Å². The SMILES string of the molecule is O=C(CCOc1cc(Cl)cc(Cl)c1)NCCO. The summed E-state index contributed by atoms with van der Waals surface area (Å²) in [7, 11) is 0. The molecule has 0 saturated heterocycles. The zero-order chi connectivity index (χ0) is 12.7. The van der Waals surface area contributed by atoms with Gasteiger partial charge in [-0.25, -0.2) is 0 Å². The van der Waals surface area contributed by atoms with Crippen LogP contribution in [0.4, 0.5) is 0 Å². The van der Waals surface area contributed by atoms with E-state index in [2.05, 4.69) is 5.32 Å². The summed E-state index contributed by atoms with van der Waals surface area (Å²) < 4.78 is 5.33. The van der Waals surface area contributed by atoms with Gasteiger partial charge >= 0.3 is 0 Å². The lowest BCUT2D eigenvalue weighted by atomic mass is 10.3. The Kier molecular flexibility index (Phi) is 6.11. The van der Waals surface area contributed by atoms with Crippen molar-refractivity contribution in [3.05, 3.63) is 28.2 Å². The number of aliphatic hydroxyl groups is 1. The largest absolute Gasteiger partial charge is 0.493 e. The lowest BCUT2D eigenvalue weighted by molar-refractivity contribution is -0.121. The number of carbonyl (C=O) groups is 1. The predicted octanol–water partition coefficient (Wildman–Crippen LogP) is 1.87. The maximum absolute atomic E-state index is 11.2. The fourth-order valence-corrected chi connectivity index (χ4v) is 1.66. The van der Waals surface area contributed by atoms with Crippen molar-refractivity contribution in [1.29, 1.82) is 0 Å². The van der Waals surface area contributed by atoms with Gasteiger partial charge in [0.2, 0.25) is 5.91 Å². The van der Waals surface area contributed by atoms with Crippen LogP contribution in [0.2, 0.25) is 10.0 Å². The van der Waals surface area contributed by atoms with Crippen molar-refractivity contribution in [3.8, 4) is 5.75 Å². The van der Waals surface area contributed by atoms with Crippen molar-refractivity contribution in [1.82, 2.24) is 5.32 Å². The van der Waals surface area contributed by atoms with E-state index in [4.69, 9.17) is 33.0 Å². The molecule has 0 heterocycles. The van der Waals surface area contributed by atoms with E-state index < -0.39 is 0 Å². The van der Waals surface area contributed by atoms with Crippen LogP contribution < -0.4 is 10.1 Å². The van der Waals surface area contributed by atoms with Gasteiger partial charge in [0.25, 0.3) is 0 Å². The summed E-state index contributed by atoms with van der Waals surface area (Å²) in [5.41, 5.74) is 0. The highest BCUT2D eigenvalue weighted by Gasteiger charge is 2.02. The van der Waals surface area contributed by atoms with Crippen LogP contribution in [0, 0.1) is 0 Å². The van der Waals surface area contributed by atoms with Crippen molar-refractivity contribution in [2.75, 3.05) is 19.8 Å². The lowest BCUT2D eigenvalue weighted by Gasteiger charge is -2.07. The monoisotopic (exact) mass is 277 g/mol. The Morgan fingerprint density at radius 1 is 1.29 bits per heavy atom. The minimum Gasteiger partial charge on any atom is -0.493 e. The molecule has 4 nitrogen and oxygen atoms in total. The fraction of sp³-hybridized carbons (Fsp3) is 0.364. The molecule has 0 saturated carbocycles. The van der Waals surface area contributed by atoms with Gasteiger partial charge < -0.3 is 15.2 Å². The summed E-state index contributed by atoms with van der Waals surface area (Å²) in [6, 6.07) is 4.85. The molecule has 0 aliphatic rings. The van der Waals surface area contributed by atoms with Gasteiger partial charge in [0.15, 0.2) is 0 Å². The van der Waals surface area contributed by atoms with Gasteiger partial charge in [-0.05, 0) is 18.2 Å². The molecule has 1 rings (SSSR count). The zero-order valence-electron chi connectivity index (χ0n) is 9.08. The summed E-state index contributed by atoms with van der Waals surface area (Å²) in [4.78, 5) is 11.2. The van der Waals surface area contributed by atoms with Gasteiger partial charge in [-0.2, -0.15) is 0 Å². The molecule has 94 valence electrons. The third-order valence-corrected chi connectivity index (χ3v) is 2.30. The molecule has 0 radical (unpaired) electrons. The third kappa shape index (κ3) is 5.77. The Labute approximate surface area is 109 Å². The van der Waals surface area contributed by atoms with Gasteiger partial charge in [-0.1, -0.05) is 23.2 Å². The van der Waals surface area contributed by atoms with Gasteiger partial charge in [0.1, 0.15) is 5.75 Å². The first-order valence-corrected chi connectivity index (χ1v) is 5.84. The van der Waals surface area contributed by atoms with Crippen molar-refractivity contribution in [2.45, 2.75) is 6.42 Å². The molecular weight excluding hydrogens is 265 g/mol. The maximum Gasteiger partial charge on any atom is 0.223 e. The highest BCUT2D eigenvalue weighted by Crippen LogP contribution is 2.24. The van der Waals surface area contributed by atoms with E-state index in [1.807, 2.05) is 0 Å². The smallest absolute Gasteiger partial charge is 0.223 e. The zero-order valence-corrected chi connectivity index (χ0v) is 10.6. The molecule has 0 aliphatic carbocycles. The van der Waals surface area contributed by atoms with E-state index in [9.17, 15) is 4.79 Å². The Hall–Kier alpha value is -0.970. The second-order valence-electron chi connectivity index (χ2n) is 3.28. The van der Waals surface area contributed by atoms with Crippen LogP contribution in [0.3, 0.4) is 0 Å². The van der Waals surface area contributed by atoms with Gasteiger partial charge in [-0.15, -0.1) is 0 Å². The van der Waals surface area contributed by atoms with Crippen LogP contribution in [0.5, 0.6) is 5.75 Å². The Bertz CT molecular complexity index is 365. The molecule has 1 aromatic carbocycles. The quantitative estimate of drug-likeness (QED) is 0.835. The van der Waals surface area contributed by atoms with Crippen molar-refractivity contribution < 1.29 is 14.6 Å². The topological polar surface area (TPSA) is 58.6 Å². The predicted molar refractivity (Wildman–Crippen MR) is 66.7 cm³/mol. The molecule has 1 amide bonds. The van der Waals surface area contributed by atoms with Crippen LogP contribution in [0.25, 0.3) is 0 Å². The standard InChI is InChI=1S/C11H13Cl2NO3/c12-8-5-9(13)7-10(6-8)17-4-1-11(16)14-2-3-15/h5-7,15H,1-4H2,(H,14,16). The minimum atomic E-state index is -0.174. The Balaban J connectivity index is 2.33. The number of nitrogens with one attached hydrogen (secondary N) is 1. The summed E-state index contributed by atoms with van der Waals surface area (Å²) in [6.45, 7) is 0.409. The molecule has 0 bridgehead atoms. The number of hydrogen-bond donors (Lipinski definition) is 2. The van der Waals surface area contributed by atoms with E-state index in [-0.39, 0.29) is 32.1 Å². The van der Waals surface area contributed by atoms with E-state index in [1.54, 1.807) is 18.2 Å². The van der Waals surface area contributed by atoms with E-state index in [1.165, 1.54) is 0 Å². The maximum atomic E-state index is 11.2. The third-order valence-electron chi connectivity index (χ3n) is 1.87. The van der Waals surface area contributed by atoms with Crippen LogP contribution >= 0.6 is 23.2 Å². The first kappa shape index (κ1) is 14.1. The first-order chi connectivity index (χ1) is 8.11. The summed E-state index contributed by atoms with van der Waals surface area (Å²) in [6.07, 6.45) is 0.212. The molecule has 2 N–H and O–H groups in total. The summed E-state index contributed by atoms with van der Waals surface area (Å²) in [5, 5.41) is 12.0. The summed E-state index contributed by atoms with van der Waals surface area (Å²) in [5.74, 6) is 0.352. The van der Waals surface area contributed by atoms with Crippen molar-refractivity contribution in [2.24, 2.45) is 0 Å². The number of ether oxygens (including phenoxy) is 1. The lowest BCUT2D eigenvalue weighted by Crippen LogP contribution is -2.27. The Morgan fingerprint density at radius 2 is 1.94 bits per heavy atom. The minimum absolute atomic E-state index is 0.0729. The van der Waals surface area contributed by atoms with Gasteiger partial charge in [-0.3, -0.25) is 4.79 Å². The number of aliphatic hydroxyl groups excluding tert-OH is 1. The van der Waals surface area contributed by atoms with Crippen LogP contribution in [-0.2, 0) is 4.79 Å². The molecule has 0 atom stereocenters. The fourth-order valence-electron chi connectivity index (χ4n) is 1.16. The number of amides is 1. The van der Waals surface area contributed by atoms with Crippen LogP contribution in [0.15, 0.2) is 18.2 Å². The number of benzene rings is 1. The molecule has 0 aromatic heterocycles. The second kappa shape index (κ2) is 7.37. The molecule has 17 heavy (non-hydrogen) atoms. The molecular formula is C11H13Cl2NO3. The van der Waals surface area contributed by atoms with Gasteiger partial charge in [0.05, 0.1) is 19.6 Å². The normalized spacial score (nSPS) is 10.1. The molecule has 0 unspecified atom stereocenters. The molecule has 6 heteroatoms. The van der Waals surface area contributed by atoms with E-state index in [0.29, 0.717) is 15.8 Å². The average Bonchev–Trinajstić information content (AvgIpc) is 2.25. The number of halogens is 2.